The zero-order valence-corrected chi connectivity index (χ0v) is 12.7. The van der Waals surface area contributed by atoms with Crippen LogP contribution in [0.25, 0.3) is 0 Å². The number of hydrogen-bond donors (Lipinski definition) is 1. The lowest BCUT2D eigenvalue weighted by atomic mass is 10.2. The maximum absolute atomic E-state index is 3.74. The van der Waals surface area contributed by atoms with Gasteiger partial charge in [0.25, 0.3) is 0 Å². The lowest BCUT2D eigenvalue weighted by Gasteiger charge is -2.15. The van der Waals surface area contributed by atoms with Gasteiger partial charge in [-0.3, -0.25) is 0 Å². The number of hydrogen-bond acceptors (Lipinski definition) is 4. The van der Waals surface area contributed by atoms with Crippen molar-refractivity contribution in [3.05, 3.63) is 36.6 Å². The van der Waals surface area contributed by atoms with Gasteiger partial charge in [0, 0.05) is 25.4 Å². The maximum Gasteiger partial charge on any atom is 0.0269 e. The van der Waals surface area contributed by atoms with Crippen molar-refractivity contribution in [1.29, 1.82) is 0 Å². The van der Waals surface area contributed by atoms with Crippen LogP contribution in [0.1, 0.15) is 6.92 Å². The Kier molecular flexibility index (Phi) is 11.9. The summed E-state index contributed by atoms with van der Waals surface area (Å²) < 4.78 is 0. The number of nitrogens with zero attached hydrogens (tertiary/aromatic N) is 1. The first kappa shape index (κ1) is 16.7. The van der Waals surface area contributed by atoms with E-state index in [4.69, 9.17) is 0 Å². The highest BCUT2D eigenvalue weighted by molar-refractivity contribution is 8.76. The topological polar surface area (TPSA) is 15.3 Å². The Hall–Kier alpha value is -0.320. The van der Waals surface area contributed by atoms with Crippen molar-refractivity contribution in [2.45, 2.75) is 6.92 Å². The van der Waals surface area contributed by atoms with Gasteiger partial charge < -0.3 is 10.2 Å². The molecule has 0 radical (unpaired) electrons. The summed E-state index contributed by atoms with van der Waals surface area (Å²) in [7, 11) is 5.90. The first-order chi connectivity index (χ1) is 8.24. The van der Waals surface area contributed by atoms with Crippen LogP contribution in [0.15, 0.2) is 36.6 Å². The molecule has 1 N–H and O–H groups in total. The van der Waals surface area contributed by atoms with E-state index in [-0.39, 0.29) is 0 Å². The third kappa shape index (κ3) is 10.5. The quantitative estimate of drug-likeness (QED) is 0.373. The molecule has 17 heavy (non-hydrogen) atoms. The van der Waals surface area contributed by atoms with Crippen molar-refractivity contribution in [1.82, 2.24) is 10.2 Å². The van der Waals surface area contributed by atoms with Gasteiger partial charge in [0.15, 0.2) is 0 Å². The molecule has 0 bridgehead atoms. The molecule has 0 unspecified atom stereocenters. The molecule has 0 aliphatic heterocycles. The van der Waals surface area contributed by atoms with E-state index in [2.05, 4.69) is 30.1 Å². The van der Waals surface area contributed by atoms with Crippen molar-refractivity contribution < 1.29 is 0 Å². The molecule has 0 spiro atoms. The Morgan fingerprint density at radius 3 is 2.76 bits per heavy atom. The second kappa shape index (κ2) is 12.1. The smallest absolute Gasteiger partial charge is 0.0269 e. The van der Waals surface area contributed by atoms with E-state index in [1.165, 1.54) is 5.75 Å². The fraction of sp³-hybridized carbons (Fsp3) is 0.538. The Balaban J connectivity index is 3.53. The van der Waals surface area contributed by atoms with Gasteiger partial charge in [-0.05, 0) is 38.1 Å². The van der Waals surface area contributed by atoms with Gasteiger partial charge >= 0.3 is 0 Å². The highest BCUT2D eigenvalue weighted by atomic mass is 33.1. The van der Waals surface area contributed by atoms with Crippen LogP contribution in [0.4, 0.5) is 0 Å². The average molecular weight is 272 g/mol. The summed E-state index contributed by atoms with van der Waals surface area (Å²) in [6.45, 7) is 8.94. The third-order valence-corrected chi connectivity index (χ3v) is 4.07. The number of nitrogens with one attached hydrogen (secondary N) is 1. The minimum absolute atomic E-state index is 0.977. The summed E-state index contributed by atoms with van der Waals surface area (Å²) in [6, 6.07) is 0. The van der Waals surface area contributed by atoms with Crippen molar-refractivity contribution >= 4 is 21.6 Å². The van der Waals surface area contributed by atoms with Crippen molar-refractivity contribution in [3.8, 4) is 0 Å². The van der Waals surface area contributed by atoms with Crippen LogP contribution in [0, 0.1) is 0 Å². The average Bonchev–Trinajstić information content (AvgIpc) is 2.34. The monoisotopic (exact) mass is 272 g/mol. The van der Waals surface area contributed by atoms with Crippen LogP contribution in [0.3, 0.4) is 0 Å². The predicted octanol–water partition coefficient (Wildman–Crippen LogP) is 3.17. The number of likely N-dealkylation sites (N-methyl/N-ethyl adjacent to an activating group) is 1. The minimum Gasteiger partial charge on any atom is -0.390 e. The van der Waals surface area contributed by atoms with Crippen LogP contribution in [-0.2, 0) is 0 Å². The summed E-state index contributed by atoms with van der Waals surface area (Å²) >= 11 is 0. The Bertz CT molecular complexity index is 250. The molecule has 0 saturated heterocycles. The first-order valence-electron chi connectivity index (χ1n) is 5.77. The predicted molar refractivity (Wildman–Crippen MR) is 84.6 cm³/mol. The molecule has 0 rings (SSSR count). The fourth-order valence-electron chi connectivity index (χ4n) is 1.16. The molecule has 0 heterocycles. The highest BCUT2D eigenvalue weighted by Gasteiger charge is 1.96. The van der Waals surface area contributed by atoms with E-state index in [0.717, 1.165) is 25.2 Å². The number of rotatable bonds is 10. The molecule has 0 aliphatic rings. The number of allylic oxidation sites excluding steroid dienone is 4. The molecular formula is C13H24N2S2. The molecule has 0 aliphatic carbocycles. The third-order valence-electron chi connectivity index (χ3n) is 2.27. The normalized spacial score (nSPS) is 12.4. The van der Waals surface area contributed by atoms with Crippen LogP contribution in [-0.4, -0.2) is 43.6 Å². The molecule has 2 nitrogen and oxygen atoms in total. The Morgan fingerprint density at radius 1 is 1.41 bits per heavy atom. The van der Waals surface area contributed by atoms with E-state index in [1.54, 1.807) is 0 Å². The van der Waals surface area contributed by atoms with Gasteiger partial charge in [0.2, 0.25) is 0 Å². The zero-order valence-electron chi connectivity index (χ0n) is 11.1. The van der Waals surface area contributed by atoms with E-state index >= 15 is 0 Å². The second-order valence-electron chi connectivity index (χ2n) is 3.57. The largest absolute Gasteiger partial charge is 0.390 e. The summed E-state index contributed by atoms with van der Waals surface area (Å²) in [5, 5.41) is 3.28. The van der Waals surface area contributed by atoms with Crippen LogP contribution in [0.2, 0.25) is 0 Å². The standard InChI is InChI=1S/C13H24N2S2/c1-5-13(6-2)7-8-14-9-10-15(3)11-12-17-16-4/h5-8,14H,1,9-12H2,2-4H3/b8-7-,13-6-. The molecule has 4 heteroatoms. The summed E-state index contributed by atoms with van der Waals surface area (Å²) in [4.78, 5) is 2.34. The lowest BCUT2D eigenvalue weighted by molar-refractivity contribution is 0.359. The van der Waals surface area contributed by atoms with Gasteiger partial charge in [0.1, 0.15) is 0 Å². The van der Waals surface area contributed by atoms with E-state index in [0.29, 0.717) is 0 Å². The molecule has 0 saturated carbocycles. The molecule has 98 valence electrons. The molecule has 0 aromatic carbocycles. The minimum atomic E-state index is 0.977. The van der Waals surface area contributed by atoms with E-state index < -0.39 is 0 Å². The van der Waals surface area contributed by atoms with Crippen molar-refractivity contribution in [2.24, 2.45) is 0 Å². The SMILES string of the molecule is C=CC(/C=C\NCCN(C)CCSSC)=C/C. The Morgan fingerprint density at radius 2 is 2.18 bits per heavy atom. The van der Waals surface area contributed by atoms with Crippen LogP contribution in [0.5, 0.6) is 0 Å². The molecule has 0 aromatic heterocycles. The molecule has 0 aromatic rings. The summed E-state index contributed by atoms with van der Waals surface area (Å²) in [5.74, 6) is 1.19. The molecular weight excluding hydrogens is 248 g/mol. The van der Waals surface area contributed by atoms with Crippen molar-refractivity contribution in [2.75, 3.05) is 38.7 Å². The van der Waals surface area contributed by atoms with Crippen LogP contribution >= 0.6 is 21.6 Å². The Labute approximate surface area is 114 Å². The van der Waals surface area contributed by atoms with Crippen LogP contribution < -0.4 is 5.32 Å². The highest BCUT2D eigenvalue weighted by Crippen LogP contribution is 2.15. The first-order valence-corrected chi connectivity index (χ1v) is 8.50. The van der Waals surface area contributed by atoms with Gasteiger partial charge in [-0.25, -0.2) is 0 Å². The van der Waals surface area contributed by atoms with Crippen molar-refractivity contribution in [3.63, 3.8) is 0 Å². The molecule has 0 amide bonds. The molecule has 0 atom stereocenters. The lowest BCUT2D eigenvalue weighted by Crippen LogP contribution is -2.28. The van der Waals surface area contributed by atoms with Gasteiger partial charge in [-0.15, -0.1) is 0 Å². The van der Waals surface area contributed by atoms with Gasteiger partial charge in [-0.2, -0.15) is 0 Å². The fourth-order valence-corrected chi connectivity index (χ4v) is 2.44. The second-order valence-corrected chi connectivity index (χ2v) is 6.26. The van der Waals surface area contributed by atoms with Gasteiger partial charge in [-0.1, -0.05) is 40.3 Å². The van der Waals surface area contributed by atoms with E-state index in [1.807, 2.05) is 52.9 Å². The van der Waals surface area contributed by atoms with Gasteiger partial charge in [0.05, 0.1) is 0 Å². The maximum atomic E-state index is 3.74. The summed E-state index contributed by atoms with van der Waals surface area (Å²) in [6.07, 6.45) is 10.0. The zero-order chi connectivity index (χ0) is 12.9. The molecule has 0 fully saturated rings. The van der Waals surface area contributed by atoms with E-state index in [9.17, 15) is 0 Å². The summed E-state index contributed by atoms with van der Waals surface area (Å²) in [5.41, 5.74) is 1.14.